The summed E-state index contributed by atoms with van der Waals surface area (Å²) in [5.41, 5.74) is 7.67. The molecule has 0 atom stereocenters. The number of thioether (sulfide) groups is 1. The molecular weight excluding hydrogens is 309 g/mol. The molecule has 0 unspecified atom stereocenters. The number of halogens is 1. The van der Waals surface area contributed by atoms with Crippen LogP contribution < -0.4 is 5.73 Å². The highest BCUT2D eigenvalue weighted by Gasteiger charge is 2.34. The van der Waals surface area contributed by atoms with E-state index in [4.69, 9.17) is 5.73 Å². The minimum atomic E-state index is -0.746. The average molecular weight is 344 g/mol. The Bertz CT molecular complexity index is 466. The number of nitrogens with two attached hydrogens (primary N) is 1. The Labute approximate surface area is 146 Å². The number of hydrogen-bond acceptors (Lipinski definition) is 3. The van der Waals surface area contributed by atoms with Crippen LogP contribution in [0, 0.1) is 5.41 Å². The lowest BCUT2D eigenvalue weighted by atomic mass is 9.79. The van der Waals surface area contributed by atoms with Crippen molar-refractivity contribution in [3.05, 3.63) is 33.9 Å². The highest BCUT2D eigenvalue weighted by Crippen LogP contribution is 2.36. The molecule has 0 aliphatic rings. The van der Waals surface area contributed by atoms with Crippen molar-refractivity contribution >= 4 is 11.8 Å². The van der Waals surface area contributed by atoms with Crippen molar-refractivity contribution in [2.45, 2.75) is 66.9 Å². The van der Waals surface area contributed by atoms with Crippen molar-refractivity contribution in [2.75, 3.05) is 12.4 Å². The van der Waals surface area contributed by atoms with Crippen LogP contribution in [0.1, 0.15) is 61.3 Å². The lowest BCUT2D eigenvalue weighted by molar-refractivity contribution is -0.0209. The van der Waals surface area contributed by atoms with Crippen LogP contribution in [0.5, 0.6) is 0 Å². The molecule has 0 aliphatic carbocycles. The molecule has 0 fully saturated rings. The molecule has 23 heavy (non-hydrogen) atoms. The summed E-state index contributed by atoms with van der Waals surface area (Å²) in [6.07, 6.45) is 5.33. The Morgan fingerprint density at radius 3 is 2.17 bits per heavy atom. The normalized spacial score (nSPS) is 15.7. The van der Waals surface area contributed by atoms with Gasteiger partial charge in [-0.25, -0.2) is 0 Å². The smallest absolute Gasteiger partial charge is 0.0934 e. The van der Waals surface area contributed by atoms with Gasteiger partial charge in [0.1, 0.15) is 0 Å². The predicted molar refractivity (Wildman–Crippen MR) is 102 cm³/mol. The monoisotopic (exact) mass is 343 g/mol. The molecule has 0 bridgehead atoms. The largest absolute Gasteiger partial charge is 0.402 e. The molecular formula is C19H34FNOS. The summed E-state index contributed by atoms with van der Waals surface area (Å²) >= 11 is 1.70. The molecule has 0 radical (unpaired) electrons. The van der Waals surface area contributed by atoms with Crippen LogP contribution in [0.2, 0.25) is 0 Å². The van der Waals surface area contributed by atoms with Gasteiger partial charge in [-0.15, -0.1) is 11.8 Å². The number of hydrogen-bond donors (Lipinski definition) is 2. The minimum Gasteiger partial charge on any atom is -0.402 e. The standard InChI is InChI=1S/C19H34FNOS/c1-8-9-16(10-11-20)17(15(3)21)12-14(2)23-13-18(4,5)19(6,7)22/h9,12,22H,8,10-11,13,21H2,1-7H3/b14-12+,16-9+,17-15-. The summed E-state index contributed by atoms with van der Waals surface area (Å²) < 4.78 is 12.8. The van der Waals surface area contributed by atoms with E-state index in [2.05, 4.69) is 13.8 Å². The fourth-order valence-corrected chi connectivity index (χ4v) is 3.01. The molecule has 0 amide bonds. The number of allylic oxidation sites excluding steroid dienone is 6. The van der Waals surface area contributed by atoms with Crippen LogP contribution in [0.3, 0.4) is 0 Å². The zero-order valence-corrected chi connectivity index (χ0v) is 16.6. The van der Waals surface area contributed by atoms with Gasteiger partial charge in [0.25, 0.3) is 0 Å². The maximum atomic E-state index is 12.8. The Kier molecular flexibility index (Phi) is 9.22. The summed E-state index contributed by atoms with van der Waals surface area (Å²) in [6.45, 7) is 13.3. The van der Waals surface area contributed by atoms with Crippen molar-refractivity contribution in [1.82, 2.24) is 0 Å². The fourth-order valence-electron chi connectivity index (χ4n) is 1.87. The third-order valence-corrected chi connectivity index (χ3v) is 5.69. The lowest BCUT2D eigenvalue weighted by Gasteiger charge is -2.37. The molecule has 0 spiro atoms. The van der Waals surface area contributed by atoms with Crippen molar-refractivity contribution in [2.24, 2.45) is 11.1 Å². The molecule has 0 aromatic carbocycles. The van der Waals surface area contributed by atoms with Gasteiger partial charge in [-0.1, -0.05) is 26.8 Å². The summed E-state index contributed by atoms with van der Waals surface area (Å²) in [7, 11) is 0. The van der Waals surface area contributed by atoms with Crippen LogP contribution in [0.15, 0.2) is 33.9 Å². The van der Waals surface area contributed by atoms with Gasteiger partial charge in [0, 0.05) is 23.3 Å². The molecule has 0 heterocycles. The zero-order chi connectivity index (χ0) is 18.3. The lowest BCUT2D eigenvalue weighted by Crippen LogP contribution is -2.40. The quantitative estimate of drug-likeness (QED) is 0.555. The van der Waals surface area contributed by atoms with Crippen LogP contribution in [-0.4, -0.2) is 23.1 Å². The zero-order valence-electron chi connectivity index (χ0n) is 15.8. The molecule has 134 valence electrons. The van der Waals surface area contributed by atoms with E-state index in [1.165, 1.54) is 0 Å². The highest BCUT2D eigenvalue weighted by molar-refractivity contribution is 8.03. The number of alkyl halides is 1. The Hall–Kier alpha value is -0.740. The van der Waals surface area contributed by atoms with Gasteiger partial charge in [0.05, 0.1) is 12.3 Å². The molecule has 3 N–H and O–H groups in total. The van der Waals surface area contributed by atoms with Crippen LogP contribution in [0.4, 0.5) is 4.39 Å². The first-order valence-electron chi connectivity index (χ1n) is 8.21. The van der Waals surface area contributed by atoms with E-state index in [9.17, 15) is 9.50 Å². The van der Waals surface area contributed by atoms with E-state index >= 15 is 0 Å². The third kappa shape index (κ3) is 7.58. The summed E-state index contributed by atoms with van der Waals surface area (Å²) in [5, 5.41) is 10.2. The second kappa shape index (κ2) is 9.53. The second-order valence-electron chi connectivity index (χ2n) is 7.16. The Balaban J connectivity index is 5.25. The van der Waals surface area contributed by atoms with Gasteiger partial charge in [-0.3, -0.25) is 4.39 Å². The molecule has 0 aromatic heterocycles. The maximum absolute atomic E-state index is 12.8. The molecule has 0 rings (SSSR count). The summed E-state index contributed by atoms with van der Waals surface area (Å²) in [5.74, 6) is 0.797. The van der Waals surface area contributed by atoms with Gasteiger partial charge in [-0.2, -0.15) is 0 Å². The van der Waals surface area contributed by atoms with E-state index in [0.29, 0.717) is 12.1 Å². The highest BCUT2D eigenvalue weighted by atomic mass is 32.2. The van der Waals surface area contributed by atoms with Gasteiger partial charge in [-0.05, 0) is 56.2 Å². The molecule has 0 aromatic rings. The SMILES string of the molecule is CC/C=C(CCF)/C(/C=C(\C)SCC(C)(C)C(C)(C)O)=C(/C)N. The van der Waals surface area contributed by atoms with Gasteiger partial charge < -0.3 is 10.8 Å². The van der Waals surface area contributed by atoms with Crippen molar-refractivity contribution in [3.63, 3.8) is 0 Å². The summed E-state index contributed by atoms with van der Waals surface area (Å²) in [6, 6.07) is 0. The molecule has 0 saturated heterocycles. The van der Waals surface area contributed by atoms with E-state index < -0.39 is 5.60 Å². The number of aliphatic hydroxyl groups is 1. The maximum Gasteiger partial charge on any atom is 0.0934 e. The Morgan fingerprint density at radius 2 is 1.78 bits per heavy atom. The summed E-state index contributed by atoms with van der Waals surface area (Å²) in [4.78, 5) is 1.11. The van der Waals surface area contributed by atoms with Crippen LogP contribution in [0.25, 0.3) is 0 Å². The Morgan fingerprint density at radius 1 is 1.22 bits per heavy atom. The van der Waals surface area contributed by atoms with Gasteiger partial charge in [0.2, 0.25) is 0 Å². The minimum absolute atomic E-state index is 0.213. The third-order valence-electron chi connectivity index (χ3n) is 4.25. The van der Waals surface area contributed by atoms with E-state index in [1.54, 1.807) is 11.8 Å². The van der Waals surface area contributed by atoms with E-state index in [0.717, 1.165) is 28.2 Å². The number of rotatable bonds is 9. The van der Waals surface area contributed by atoms with E-state index in [-0.39, 0.29) is 12.1 Å². The average Bonchev–Trinajstić information content (AvgIpc) is 2.41. The first-order chi connectivity index (χ1) is 10.5. The van der Waals surface area contributed by atoms with Crippen LogP contribution in [-0.2, 0) is 0 Å². The topological polar surface area (TPSA) is 46.2 Å². The van der Waals surface area contributed by atoms with Crippen LogP contribution >= 0.6 is 11.8 Å². The molecule has 4 heteroatoms. The van der Waals surface area contributed by atoms with Gasteiger partial charge >= 0.3 is 0 Å². The molecule has 0 aliphatic heterocycles. The first-order valence-corrected chi connectivity index (χ1v) is 9.20. The second-order valence-corrected chi connectivity index (χ2v) is 8.38. The first kappa shape index (κ1) is 22.3. The van der Waals surface area contributed by atoms with Crippen molar-refractivity contribution in [1.29, 1.82) is 0 Å². The fraction of sp³-hybridized carbons (Fsp3) is 0.684. The van der Waals surface area contributed by atoms with Gasteiger partial charge in [0.15, 0.2) is 0 Å². The molecule has 2 nitrogen and oxygen atoms in total. The molecule has 0 saturated carbocycles. The predicted octanol–water partition coefficient (Wildman–Crippen LogP) is 5.35. The van der Waals surface area contributed by atoms with E-state index in [1.807, 2.05) is 46.8 Å². The van der Waals surface area contributed by atoms with Crippen molar-refractivity contribution in [3.8, 4) is 0 Å². The van der Waals surface area contributed by atoms with Crippen molar-refractivity contribution < 1.29 is 9.50 Å².